The van der Waals surface area contributed by atoms with Gasteiger partial charge >= 0.3 is 0 Å². The number of nitrogens with one attached hydrogen (secondary N) is 1. The summed E-state index contributed by atoms with van der Waals surface area (Å²) in [4.78, 5) is 15.7. The summed E-state index contributed by atoms with van der Waals surface area (Å²) in [6.07, 6.45) is 9.75. The Balaban J connectivity index is 2.02. The average molecular weight is 309 g/mol. The van der Waals surface area contributed by atoms with Crippen molar-refractivity contribution in [3.63, 3.8) is 0 Å². The topological polar surface area (TPSA) is 72.8 Å². The molecule has 1 heterocycles. The van der Waals surface area contributed by atoms with Gasteiger partial charge in [0.15, 0.2) is 11.5 Å². The van der Waals surface area contributed by atoms with Gasteiger partial charge in [0.25, 0.3) is 5.91 Å². The van der Waals surface area contributed by atoms with Gasteiger partial charge in [0.2, 0.25) is 0 Å². The average Bonchev–Trinajstić information content (AvgIpc) is 2.61. The minimum absolute atomic E-state index is 0.159. The molecule has 6 heteroatoms. The minimum atomic E-state index is -0.315. The van der Waals surface area contributed by atoms with Gasteiger partial charge in [-0.1, -0.05) is 5.92 Å². The standard InChI is InChI=1S/C17H15N3O3/c1-3-10-23-15-5-4-13(11-16(15)22-2)12-19-20-17(21)14-6-8-18-9-7-14/h1,4-9,11-12H,10H2,2H3,(H,20,21)/b19-12+. The van der Waals surface area contributed by atoms with Crippen molar-refractivity contribution in [1.82, 2.24) is 10.4 Å². The Morgan fingerprint density at radius 3 is 2.83 bits per heavy atom. The molecular formula is C17H15N3O3. The third-order valence-corrected chi connectivity index (χ3v) is 2.82. The number of ether oxygens (including phenoxy) is 2. The number of methoxy groups -OCH3 is 1. The van der Waals surface area contributed by atoms with E-state index in [1.165, 1.54) is 13.3 Å². The molecule has 0 saturated carbocycles. The number of benzene rings is 1. The molecular weight excluding hydrogens is 294 g/mol. The molecule has 0 aliphatic rings. The number of nitrogens with zero attached hydrogens (tertiary/aromatic N) is 2. The van der Waals surface area contributed by atoms with Crippen molar-refractivity contribution in [3.8, 4) is 23.8 Å². The Kier molecular flexibility index (Phi) is 5.72. The van der Waals surface area contributed by atoms with E-state index in [2.05, 4.69) is 21.4 Å². The van der Waals surface area contributed by atoms with Crippen molar-refractivity contribution in [2.45, 2.75) is 0 Å². The van der Waals surface area contributed by atoms with E-state index in [-0.39, 0.29) is 12.5 Å². The maximum Gasteiger partial charge on any atom is 0.271 e. The second-order valence-corrected chi connectivity index (χ2v) is 4.34. The zero-order valence-corrected chi connectivity index (χ0v) is 12.5. The molecule has 0 radical (unpaired) electrons. The fourth-order valence-electron chi connectivity index (χ4n) is 1.74. The van der Waals surface area contributed by atoms with Gasteiger partial charge in [-0.15, -0.1) is 6.42 Å². The van der Waals surface area contributed by atoms with Crippen LogP contribution in [-0.4, -0.2) is 30.8 Å². The van der Waals surface area contributed by atoms with Crippen LogP contribution in [0.5, 0.6) is 11.5 Å². The van der Waals surface area contributed by atoms with Crippen LogP contribution in [0, 0.1) is 12.3 Å². The number of pyridine rings is 1. The quantitative estimate of drug-likeness (QED) is 0.502. The van der Waals surface area contributed by atoms with E-state index >= 15 is 0 Å². The molecule has 0 saturated heterocycles. The molecule has 0 spiro atoms. The monoisotopic (exact) mass is 309 g/mol. The van der Waals surface area contributed by atoms with Crippen molar-refractivity contribution in [2.24, 2.45) is 5.10 Å². The first-order valence-corrected chi connectivity index (χ1v) is 6.72. The molecule has 0 aliphatic heterocycles. The Morgan fingerprint density at radius 2 is 2.13 bits per heavy atom. The van der Waals surface area contributed by atoms with Crippen LogP contribution in [0.15, 0.2) is 47.8 Å². The highest BCUT2D eigenvalue weighted by atomic mass is 16.5. The molecule has 0 atom stereocenters. The number of carbonyl (C=O) groups is 1. The molecule has 6 nitrogen and oxygen atoms in total. The van der Waals surface area contributed by atoms with Crippen LogP contribution >= 0.6 is 0 Å². The molecule has 2 aromatic rings. The second-order valence-electron chi connectivity index (χ2n) is 4.34. The van der Waals surface area contributed by atoms with E-state index in [1.807, 2.05) is 0 Å². The molecule has 1 aromatic carbocycles. The number of amides is 1. The highest BCUT2D eigenvalue weighted by molar-refractivity contribution is 5.94. The minimum Gasteiger partial charge on any atom is -0.493 e. The molecule has 0 fully saturated rings. The predicted octanol–water partition coefficient (Wildman–Crippen LogP) is 1.87. The molecule has 0 bridgehead atoms. The van der Waals surface area contributed by atoms with E-state index < -0.39 is 0 Å². The summed E-state index contributed by atoms with van der Waals surface area (Å²) in [7, 11) is 1.53. The number of carbonyl (C=O) groups excluding carboxylic acids is 1. The number of terminal acetylenes is 1. The smallest absolute Gasteiger partial charge is 0.271 e. The number of hydrogen-bond donors (Lipinski definition) is 1. The lowest BCUT2D eigenvalue weighted by atomic mass is 10.2. The van der Waals surface area contributed by atoms with E-state index in [4.69, 9.17) is 15.9 Å². The van der Waals surface area contributed by atoms with Gasteiger partial charge in [-0.3, -0.25) is 9.78 Å². The van der Waals surface area contributed by atoms with Gasteiger partial charge in [0.1, 0.15) is 6.61 Å². The Bertz CT molecular complexity index is 736. The van der Waals surface area contributed by atoms with Gasteiger partial charge in [-0.05, 0) is 35.9 Å². The van der Waals surface area contributed by atoms with Gasteiger partial charge in [0.05, 0.1) is 13.3 Å². The highest BCUT2D eigenvalue weighted by Crippen LogP contribution is 2.27. The lowest BCUT2D eigenvalue weighted by Crippen LogP contribution is -2.17. The van der Waals surface area contributed by atoms with E-state index in [9.17, 15) is 4.79 Å². The largest absolute Gasteiger partial charge is 0.493 e. The normalized spacial score (nSPS) is 10.1. The van der Waals surface area contributed by atoms with Crippen molar-refractivity contribution >= 4 is 12.1 Å². The van der Waals surface area contributed by atoms with Crippen molar-refractivity contribution in [2.75, 3.05) is 13.7 Å². The van der Waals surface area contributed by atoms with Crippen molar-refractivity contribution < 1.29 is 14.3 Å². The van der Waals surface area contributed by atoms with E-state index in [0.29, 0.717) is 17.1 Å². The van der Waals surface area contributed by atoms with Crippen LogP contribution in [0.25, 0.3) is 0 Å². The SMILES string of the molecule is C#CCOc1ccc(/C=N/NC(=O)c2ccncc2)cc1OC. The van der Waals surface area contributed by atoms with E-state index in [0.717, 1.165) is 5.56 Å². The van der Waals surface area contributed by atoms with Crippen LogP contribution in [0.3, 0.4) is 0 Å². The Hall–Kier alpha value is -3.33. The van der Waals surface area contributed by atoms with Crippen molar-refractivity contribution in [1.29, 1.82) is 0 Å². The molecule has 1 N–H and O–H groups in total. The Morgan fingerprint density at radius 1 is 1.35 bits per heavy atom. The number of hydrazone groups is 1. The lowest BCUT2D eigenvalue weighted by Gasteiger charge is -2.09. The summed E-state index contributed by atoms with van der Waals surface area (Å²) in [6, 6.07) is 8.43. The number of rotatable bonds is 6. The summed E-state index contributed by atoms with van der Waals surface area (Å²) in [6.45, 7) is 0.159. The van der Waals surface area contributed by atoms with Gasteiger partial charge in [-0.2, -0.15) is 5.10 Å². The van der Waals surface area contributed by atoms with Gasteiger partial charge in [-0.25, -0.2) is 5.43 Å². The summed E-state index contributed by atoms with van der Waals surface area (Å²) in [5.74, 6) is 3.15. The second kappa shape index (κ2) is 8.20. The first kappa shape index (κ1) is 16.0. The highest BCUT2D eigenvalue weighted by Gasteiger charge is 2.05. The zero-order chi connectivity index (χ0) is 16.5. The van der Waals surface area contributed by atoms with E-state index in [1.54, 1.807) is 42.7 Å². The molecule has 116 valence electrons. The summed E-state index contributed by atoms with van der Waals surface area (Å²) < 4.78 is 10.6. The fraction of sp³-hybridized carbons (Fsp3) is 0.118. The molecule has 1 aromatic heterocycles. The third-order valence-electron chi connectivity index (χ3n) is 2.82. The lowest BCUT2D eigenvalue weighted by molar-refractivity contribution is 0.0955. The van der Waals surface area contributed by atoms with Crippen LogP contribution in [0.2, 0.25) is 0 Å². The van der Waals surface area contributed by atoms with Gasteiger partial charge in [0, 0.05) is 18.0 Å². The first-order valence-electron chi connectivity index (χ1n) is 6.72. The van der Waals surface area contributed by atoms with Crippen LogP contribution in [0.1, 0.15) is 15.9 Å². The summed E-state index contributed by atoms with van der Waals surface area (Å²) >= 11 is 0. The maximum absolute atomic E-state index is 11.8. The number of hydrogen-bond acceptors (Lipinski definition) is 5. The Labute approximate surface area is 134 Å². The van der Waals surface area contributed by atoms with Crippen molar-refractivity contribution in [3.05, 3.63) is 53.9 Å². The molecule has 0 aliphatic carbocycles. The van der Waals surface area contributed by atoms with Crippen LogP contribution in [0.4, 0.5) is 0 Å². The predicted molar refractivity (Wildman–Crippen MR) is 86.6 cm³/mol. The molecule has 0 unspecified atom stereocenters. The molecule has 23 heavy (non-hydrogen) atoms. The number of aromatic nitrogens is 1. The molecule has 1 amide bonds. The van der Waals surface area contributed by atoms with Gasteiger partial charge < -0.3 is 9.47 Å². The van der Waals surface area contributed by atoms with Crippen LogP contribution < -0.4 is 14.9 Å². The van der Waals surface area contributed by atoms with Crippen LogP contribution in [-0.2, 0) is 0 Å². The zero-order valence-electron chi connectivity index (χ0n) is 12.5. The maximum atomic E-state index is 11.8. The molecule has 2 rings (SSSR count). The fourth-order valence-corrected chi connectivity index (χ4v) is 1.74. The first-order chi connectivity index (χ1) is 11.2. The summed E-state index contributed by atoms with van der Waals surface area (Å²) in [5.41, 5.74) is 3.66. The summed E-state index contributed by atoms with van der Waals surface area (Å²) in [5, 5.41) is 3.91. The third kappa shape index (κ3) is 4.58.